The van der Waals surface area contributed by atoms with E-state index in [2.05, 4.69) is 36.6 Å². The van der Waals surface area contributed by atoms with E-state index in [1.807, 2.05) is 36.4 Å². The molecule has 2 heterocycles. The number of aliphatic hydroxyl groups excluding tert-OH is 1. The molecule has 0 spiro atoms. The summed E-state index contributed by atoms with van der Waals surface area (Å²) in [5.74, 6) is 0.986. The second-order valence-corrected chi connectivity index (χ2v) is 14.9. The summed E-state index contributed by atoms with van der Waals surface area (Å²) in [6.07, 6.45) is 1.48. The van der Waals surface area contributed by atoms with Gasteiger partial charge >= 0.3 is 5.97 Å². The number of thiophene rings is 1. The van der Waals surface area contributed by atoms with Crippen LogP contribution in [0.25, 0.3) is 21.2 Å². The fourth-order valence-electron chi connectivity index (χ4n) is 6.25. The van der Waals surface area contributed by atoms with Crippen LogP contribution in [0.1, 0.15) is 48.8 Å². The molecule has 3 aromatic carbocycles. The molecule has 2 N–H and O–H groups in total. The molecular formula is C33H34O7S2. The molecule has 4 aromatic rings. The molecular weight excluding hydrogens is 572 g/mol. The van der Waals surface area contributed by atoms with Gasteiger partial charge in [0.25, 0.3) is 0 Å². The van der Waals surface area contributed by atoms with Gasteiger partial charge in [0.2, 0.25) is 0 Å². The third kappa shape index (κ3) is 6.04. The molecule has 0 amide bonds. The first-order valence-electron chi connectivity index (χ1n) is 14.2. The Morgan fingerprint density at radius 1 is 0.976 bits per heavy atom. The molecule has 7 nitrogen and oxygen atoms in total. The highest BCUT2D eigenvalue weighted by Gasteiger charge is 2.46. The van der Waals surface area contributed by atoms with Gasteiger partial charge in [-0.3, -0.25) is 4.79 Å². The summed E-state index contributed by atoms with van der Waals surface area (Å²) >= 11 is 1.70. The zero-order valence-corrected chi connectivity index (χ0v) is 25.0. The lowest BCUT2D eigenvalue weighted by molar-refractivity contribution is -0.140. The molecule has 1 saturated carbocycles. The minimum absolute atomic E-state index is 0.00935. The van der Waals surface area contributed by atoms with Gasteiger partial charge < -0.3 is 19.7 Å². The van der Waals surface area contributed by atoms with E-state index in [0.29, 0.717) is 38.0 Å². The van der Waals surface area contributed by atoms with Gasteiger partial charge in [-0.1, -0.05) is 24.3 Å². The second kappa shape index (κ2) is 11.4. The standard InChI is InChI=1S/C33H34O7S2/c1-21-14-27(40-26-10-12-42(37,38)13-11-26)7-8-28(21)30-20-41-31-9-2-22(15-29(30)31)19-39-25-5-3-23(4-6-25)33(18-32(35)36)16-24(34)17-33/h2-9,14-15,20,24,26,34H,10-13,16-19H2,1H3,(H,35,36)/t24-,33+. The van der Waals surface area contributed by atoms with E-state index in [0.717, 1.165) is 39.0 Å². The third-order valence-corrected chi connectivity index (χ3v) is 11.2. The SMILES string of the molecule is Cc1cc(OC2CCS(=O)(=O)CC2)ccc1-c1csc2ccc(COc3ccc([C@]4(CC(=O)O)C[C@H](O)C4)cc3)cc12. The lowest BCUT2D eigenvalue weighted by Gasteiger charge is -2.45. The fourth-order valence-corrected chi connectivity index (χ4v) is 8.64. The zero-order valence-electron chi connectivity index (χ0n) is 23.4. The van der Waals surface area contributed by atoms with Crippen molar-refractivity contribution in [3.05, 3.63) is 82.7 Å². The average molecular weight is 607 g/mol. The second-order valence-electron chi connectivity index (χ2n) is 11.7. The van der Waals surface area contributed by atoms with Gasteiger partial charge in [-0.15, -0.1) is 11.3 Å². The molecule has 0 radical (unpaired) electrons. The Labute approximate surface area is 249 Å². The van der Waals surface area contributed by atoms with Crippen molar-refractivity contribution >= 4 is 37.2 Å². The van der Waals surface area contributed by atoms with E-state index in [-0.39, 0.29) is 24.0 Å². The molecule has 220 valence electrons. The van der Waals surface area contributed by atoms with Crippen molar-refractivity contribution in [2.45, 2.75) is 63.3 Å². The van der Waals surface area contributed by atoms with Crippen molar-refractivity contribution in [2.24, 2.45) is 0 Å². The first kappa shape index (κ1) is 28.7. The molecule has 6 rings (SSSR count). The number of aliphatic carboxylic acids is 1. The number of carbonyl (C=O) groups is 1. The predicted octanol–water partition coefficient (Wildman–Crippen LogP) is 6.28. The first-order chi connectivity index (χ1) is 20.1. The summed E-state index contributed by atoms with van der Waals surface area (Å²) in [7, 11) is -2.92. The van der Waals surface area contributed by atoms with Crippen LogP contribution in [0.3, 0.4) is 0 Å². The van der Waals surface area contributed by atoms with Gasteiger partial charge in [0.05, 0.1) is 24.0 Å². The summed E-state index contributed by atoms with van der Waals surface area (Å²) < 4.78 is 36.9. The highest BCUT2D eigenvalue weighted by atomic mass is 32.2. The molecule has 1 aliphatic heterocycles. The Kier molecular flexibility index (Phi) is 7.76. The van der Waals surface area contributed by atoms with E-state index in [4.69, 9.17) is 9.47 Å². The van der Waals surface area contributed by atoms with Crippen LogP contribution in [-0.2, 0) is 26.7 Å². The van der Waals surface area contributed by atoms with Crippen LogP contribution in [-0.4, -0.2) is 48.3 Å². The van der Waals surface area contributed by atoms with Crippen LogP contribution in [0.2, 0.25) is 0 Å². The largest absolute Gasteiger partial charge is 0.490 e. The Hall–Kier alpha value is -3.40. The number of hydrogen-bond acceptors (Lipinski definition) is 7. The number of aliphatic hydroxyl groups is 1. The molecule has 1 aromatic heterocycles. The summed E-state index contributed by atoms with van der Waals surface area (Å²) in [6.45, 7) is 2.46. The van der Waals surface area contributed by atoms with Crippen molar-refractivity contribution in [3.8, 4) is 22.6 Å². The number of carboxylic acids is 1. The smallest absolute Gasteiger partial charge is 0.304 e. The number of benzene rings is 3. The number of fused-ring (bicyclic) bond motifs is 1. The van der Waals surface area contributed by atoms with E-state index in [1.54, 1.807) is 11.3 Å². The maximum Gasteiger partial charge on any atom is 0.304 e. The van der Waals surface area contributed by atoms with E-state index in [1.165, 1.54) is 4.70 Å². The molecule has 42 heavy (non-hydrogen) atoms. The van der Waals surface area contributed by atoms with Crippen LogP contribution >= 0.6 is 11.3 Å². The minimum Gasteiger partial charge on any atom is -0.490 e. The van der Waals surface area contributed by atoms with Crippen molar-refractivity contribution in [1.82, 2.24) is 0 Å². The van der Waals surface area contributed by atoms with Gasteiger partial charge in [-0.2, -0.15) is 0 Å². The van der Waals surface area contributed by atoms with Crippen molar-refractivity contribution < 1.29 is 32.9 Å². The quantitative estimate of drug-likeness (QED) is 0.231. The van der Waals surface area contributed by atoms with Crippen LogP contribution in [0.5, 0.6) is 11.5 Å². The number of aryl methyl sites for hydroxylation is 1. The van der Waals surface area contributed by atoms with E-state index >= 15 is 0 Å². The topological polar surface area (TPSA) is 110 Å². The normalized spacial score (nSPS) is 22.0. The van der Waals surface area contributed by atoms with E-state index < -0.39 is 27.3 Å². The Balaban J connectivity index is 1.14. The van der Waals surface area contributed by atoms with Crippen molar-refractivity contribution in [1.29, 1.82) is 0 Å². The van der Waals surface area contributed by atoms with Crippen LogP contribution in [0.4, 0.5) is 0 Å². The Morgan fingerprint density at radius 2 is 1.69 bits per heavy atom. The Bertz CT molecular complexity index is 1700. The third-order valence-electron chi connectivity index (χ3n) is 8.54. The highest BCUT2D eigenvalue weighted by Crippen LogP contribution is 2.47. The molecule has 9 heteroatoms. The predicted molar refractivity (Wildman–Crippen MR) is 164 cm³/mol. The van der Waals surface area contributed by atoms with Crippen LogP contribution in [0, 0.1) is 6.92 Å². The zero-order chi connectivity index (χ0) is 29.5. The van der Waals surface area contributed by atoms with Gasteiger partial charge in [0.1, 0.15) is 24.2 Å². The van der Waals surface area contributed by atoms with Gasteiger partial charge in [0.15, 0.2) is 9.84 Å². The number of ether oxygens (including phenoxy) is 2. The number of rotatable bonds is 9. The van der Waals surface area contributed by atoms with Crippen LogP contribution in [0.15, 0.2) is 66.0 Å². The summed E-state index contributed by atoms with van der Waals surface area (Å²) in [4.78, 5) is 11.4. The lowest BCUT2D eigenvalue weighted by atomic mass is 9.61. The fraction of sp³-hybridized carbons (Fsp3) is 0.364. The van der Waals surface area contributed by atoms with Crippen molar-refractivity contribution in [3.63, 3.8) is 0 Å². The maximum absolute atomic E-state index is 11.7. The molecule has 0 bridgehead atoms. The first-order valence-corrected chi connectivity index (χ1v) is 16.9. The van der Waals surface area contributed by atoms with Crippen LogP contribution < -0.4 is 9.47 Å². The highest BCUT2D eigenvalue weighted by molar-refractivity contribution is 7.91. The lowest BCUT2D eigenvalue weighted by Crippen LogP contribution is -2.46. The summed E-state index contributed by atoms with van der Waals surface area (Å²) in [6, 6.07) is 20.0. The average Bonchev–Trinajstić information content (AvgIpc) is 3.35. The Morgan fingerprint density at radius 3 is 2.36 bits per heavy atom. The molecule has 0 unspecified atom stereocenters. The monoisotopic (exact) mass is 606 g/mol. The summed E-state index contributed by atoms with van der Waals surface area (Å²) in [5.41, 5.74) is 4.83. The molecule has 0 atom stereocenters. The van der Waals surface area contributed by atoms with Crippen molar-refractivity contribution in [2.75, 3.05) is 11.5 Å². The van der Waals surface area contributed by atoms with E-state index in [9.17, 15) is 23.4 Å². The van der Waals surface area contributed by atoms with Gasteiger partial charge in [-0.05, 0) is 96.6 Å². The number of sulfone groups is 1. The minimum atomic E-state index is -2.92. The maximum atomic E-state index is 11.7. The molecule has 2 aliphatic rings. The number of hydrogen-bond donors (Lipinski definition) is 2. The number of carboxylic acid groups (broad SMARTS) is 1. The summed E-state index contributed by atoms with van der Waals surface area (Å²) in [5, 5.41) is 22.5. The van der Waals surface area contributed by atoms with Gasteiger partial charge in [0, 0.05) is 21.1 Å². The molecule has 1 saturated heterocycles. The van der Waals surface area contributed by atoms with Gasteiger partial charge in [-0.25, -0.2) is 8.42 Å². The molecule has 2 fully saturated rings. The molecule has 1 aliphatic carbocycles.